The summed E-state index contributed by atoms with van der Waals surface area (Å²) >= 11 is 0. The van der Waals surface area contributed by atoms with Gasteiger partial charge in [0.05, 0.1) is 0 Å². The molecule has 0 bridgehead atoms. The van der Waals surface area contributed by atoms with Crippen LogP contribution in [0.4, 0.5) is 0 Å². The van der Waals surface area contributed by atoms with Crippen molar-refractivity contribution in [3.8, 4) is 6.07 Å². The number of hydrogen-bond acceptors (Lipinski definition) is 5. The second kappa shape index (κ2) is 6.61. The number of amides is 1. The maximum Gasteiger partial charge on any atom is 0.322 e. The van der Waals surface area contributed by atoms with Crippen LogP contribution in [0.2, 0.25) is 0 Å². The van der Waals surface area contributed by atoms with E-state index >= 15 is 0 Å². The van der Waals surface area contributed by atoms with E-state index in [1.807, 2.05) is 7.05 Å². The van der Waals surface area contributed by atoms with Gasteiger partial charge in [0, 0.05) is 32.4 Å². The van der Waals surface area contributed by atoms with Crippen molar-refractivity contribution in [2.24, 2.45) is 0 Å². The molecule has 1 aliphatic rings. The molecule has 2 N–H and O–H groups in total. The van der Waals surface area contributed by atoms with Crippen LogP contribution < -0.4 is 5.32 Å². The SMILES string of the molecule is CN1CCN(C(=O)/C(C#N)=C\NCC(=O)O)CC1. The number of piperazine rings is 1. The first-order valence-electron chi connectivity index (χ1n) is 5.58. The molecule has 1 fully saturated rings. The number of carbonyl (C=O) groups excluding carboxylic acids is 1. The minimum atomic E-state index is -1.05. The molecule has 1 heterocycles. The minimum absolute atomic E-state index is 0.0687. The quantitative estimate of drug-likeness (QED) is 0.484. The van der Waals surface area contributed by atoms with E-state index in [1.165, 1.54) is 0 Å². The number of aliphatic carboxylic acids is 1. The van der Waals surface area contributed by atoms with E-state index in [1.54, 1.807) is 11.0 Å². The van der Waals surface area contributed by atoms with Crippen molar-refractivity contribution in [2.45, 2.75) is 0 Å². The van der Waals surface area contributed by atoms with Crippen molar-refractivity contribution in [2.75, 3.05) is 39.8 Å². The minimum Gasteiger partial charge on any atom is -0.480 e. The molecule has 1 rings (SSSR count). The zero-order valence-corrected chi connectivity index (χ0v) is 10.2. The summed E-state index contributed by atoms with van der Waals surface area (Å²) in [5.41, 5.74) is -0.0687. The fraction of sp³-hybridized carbons (Fsp3) is 0.545. The van der Waals surface area contributed by atoms with Gasteiger partial charge >= 0.3 is 5.97 Å². The molecule has 1 saturated heterocycles. The first-order chi connectivity index (χ1) is 8.54. The molecule has 98 valence electrons. The molecular weight excluding hydrogens is 236 g/mol. The van der Waals surface area contributed by atoms with Crippen molar-refractivity contribution in [1.29, 1.82) is 5.26 Å². The number of nitrogens with zero attached hydrogens (tertiary/aromatic N) is 3. The van der Waals surface area contributed by atoms with Gasteiger partial charge in [-0.15, -0.1) is 0 Å². The Kier molecular flexibility index (Phi) is 5.14. The lowest BCUT2D eigenvalue weighted by Gasteiger charge is -2.32. The lowest BCUT2D eigenvalue weighted by molar-refractivity contribution is -0.135. The van der Waals surface area contributed by atoms with Crippen LogP contribution in [0, 0.1) is 11.3 Å². The number of rotatable bonds is 4. The van der Waals surface area contributed by atoms with Gasteiger partial charge in [0.15, 0.2) is 0 Å². The van der Waals surface area contributed by atoms with Gasteiger partial charge in [-0.2, -0.15) is 5.26 Å². The summed E-state index contributed by atoms with van der Waals surface area (Å²) in [5, 5.41) is 19.7. The van der Waals surface area contributed by atoms with Crippen LogP contribution in [-0.4, -0.2) is 66.6 Å². The molecule has 1 aliphatic heterocycles. The Balaban J connectivity index is 2.57. The monoisotopic (exact) mass is 252 g/mol. The Morgan fingerprint density at radius 2 is 2.00 bits per heavy atom. The largest absolute Gasteiger partial charge is 0.480 e. The van der Waals surface area contributed by atoms with Gasteiger partial charge in [0.2, 0.25) is 0 Å². The molecule has 18 heavy (non-hydrogen) atoms. The van der Waals surface area contributed by atoms with E-state index in [4.69, 9.17) is 10.4 Å². The first-order valence-corrected chi connectivity index (χ1v) is 5.58. The predicted molar refractivity (Wildman–Crippen MR) is 63.4 cm³/mol. The molecule has 0 spiro atoms. The van der Waals surface area contributed by atoms with Gasteiger partial charge < -0.3 is 20.2 Å². The normalized spacial score (nSPS) is 17.1. The topological polar surface area (TPSA) is 96.7 Å². The number of hydrogen-bond donors (Lipinski definition) is 2. The zero-order valence-electron chi connectivity index (χ0n) is 10.2. The predicted octanol–water partition coefficient (Wildman–Crippen LogP) is -1.16. The second-order valence-electron chi connectivity index (χ2n) is 4.04. The number of carboxylic acids is 1. The van der Waals surface area contributed by atoms with Crippen molar-refractivity contribution in [3.63, 3.8) is 0 Å². The molecular formula is C11H16N4O3. The number of carboxylic acid groups (broad SMARTS) is 1. The summed E-state index contributed by atoms with van der Waals surface area (Å²) in [6, 6.07) is 1.78. The third kappa shape index (κ3) is 4.07. The van der Waals surface area contributed by atoms with Gasteiger partial charge in [-0.05, 0) is 7.05 Å². The maximum absolute atomic E-state index is 11.9. The van der Waals surface area contributed by atoms with Crippen LogP contribution in [0.3, 0.4) is 0 Å². The second-order valence-corrected chi connectivity index (χ2v) is 4.04. The molecule has 7 heteroatoms. The standard InChI is InChI=1S/C11H16N4O3/c1-14-2-4-15(5-3-14)11(18)9(6-12)7-13-8-10(16)17/h7,13H,2-5,8H2,1H3,(H,16,17)/b9-7-. The maximum atomic E-state index is 11.9. The van der Waals surface area contributed by atoms with Crippen molar-refractivity contribution < 1.29 is 14.7 Å². The van der Waals surface area contributed by atoms with Crippen LogP contribution in [0.1, 0.15) is 0 Å². The molecule has 0 aromatic rings. The van der Waals surface area contributed by atoms with E-state index in [9.17, 15) is 9.59 Å². The summed E-state index contributed by atoms with van der Waals surface area (Å²) in [6.07, 6.45) is 1.16. The molecule has 0 aliphatic carbocycles. The number of likely N-dealkylation sites (N-methyl/N-ethyl adjacent to an activating group) is 1. The third-order valence-corrected chi connectivity index (χ3v) is 2.64. The van der Waals surface area contributed by atoms with Gasteiger partial charge in [0.25, 0.3) is 5.91 Å². The Hall–Kier alpha value is -2.07. The smallest absolute Gasteiger partial charge is 0.322 e. The van der Waals surface area contributed by atoms with Crippen LogP contribution >= 0.6 is 0 Å². The Bertz CT molecular complexity index is 392. The summed E-state index contributed by atoms with van der Waals surface area (Å²) in [5.74, 6) is -1.40. The Labute approximate surface area is 105 Å². The zero-order chi connectivity index (χ0) is 13.5. The average molecular weight is 252 g/mol. The number of nitriles is 1. The molecule has 0 radical (unpaired) electrons. The highest BCUT2D eigenvalue weighted by Crippen LogP contribution is 2.05. The fourth-order valence-electron chi connectivity index (χ4n) is 1.56. The lowest BCUT2D eigenvalue weighted by atomic mass is 10.2. The van der Waals surface area contributed by atoms with Crippen LogP contribution in [0.5, 0.6) is 0 Å². The summed E-state index contributed by atoms with van der Waals surface area (Å²) in [6.45, 7) is 2.38. The molecule has 0 aromatic heterocycles. The van der Waals surface area contributed by atoms with E-state index in [0.717, 1.165) is 19.3 Å². The highest BCUT2D eigenvalue weighted by Gasteiger charge is 2.21. The van der Waals surface area contributed by atoms with E-state index in [-0.39, 0.29) is 18.0 Å². The summed E-state index contributed by atoms with van der Waals surface area (Å²) in [4.78, 5) is 25.9. The third-order valence-electron chi connectivity index (χ3n) is 2.64. The Morgan fingerprint density at radius 1 is 1.39 bits per heavy atom. The molecule has 1 amide bonds. The molecule has 0 saturated carbocycles. The first kappa shape index (κ1) is 14.0. The van der Waals surface area contributed by atoms with E-state index in [0.29, 0.717) is 13.1 Å². The van der Waals surface area contributed by atoms with Crippen molar-refractivity contribution in [3.05, 3.63) is 11.8 Å². The summed E-state index contributed by atoms with van der Waals surface area (Å²) in [7, 11) is 1.97. The summed E-state index contributed by atoms with van der Waals surface area (Å²) < 4.78 is 0. The number of carbonyl (C=O) groups is 2. The van der Waals surface area contributed by atoms with Crippen LogP contribution in [0.15, 0.2) is 11.8 Å². The van der Waals surface area contributed by atoms with Crippen LogP contribution in [-0.2, 0) is 9.59 Å². The van der Waals surface area contributed by atoms with Gasteiger partial charge in [-0.1, -0.05) is 0 Å². The molecule has 7 nitrogen and oxygen atoms in total. The molecule has 0 atom stereocenters. The highest BCUT2D eigenvalue weighted by atomic mass is 16.4. The highest BCUT2D eigenvalue weighted by molar-refractivity contribution is 5.97. The fourth-order valence-corrected chi connectivity index (χ4v) is 1.56. The molecule has 0 aromatic carbocycles. The Morgan fingerprint density at radius 3 is 2.50 bits per heavy atom. The van der Waals surface area contributed by atoms with E-state index < -0.39 is 5.97 Å². The van der Waals surface area contributed by atoms with E-state index in [2.05, 4.69) is 10.2 Å². The number of nitrogens with one attached hydrogen (secondary N) is 1. The lowest BCUT2D eigenvalue weighted by Crippen LogP contribution is -2.47. The van der Waals surface area contributed by atoms with Gasteiger partial charge in [-0.25, -0.2) is 0 Å². The molecule has 0 unspecified atom stereocenters. The van der Waals surface area contributed by atoms with Crippen molar-refractivity contribution >= 4 is 11.9 Å². The van der Waals surface area contributed by atoms with Crippen LogP contribution in [0.25, 0.3) is 0 Å². The van der Waals surface area contributed by atoms with Crippen molar-refractivity contribution in [1.82, 2.24) is 15.1 Å². The van der Waals surface area contributed by atoms with Gasteiger partial charge in [0.1, 0.15) is 18.2 Å². The average Bonchev–Trinajstić information content (AvgIpc) is 2.34. The van der Waals surface area contributed by atoms with Gasteiger partial charge in [-0.3, -0.25) is 9.59 Å².